The van der Waals surface area contributed by atoms with E-state index in [0.29, 0.717) is 12.5 Å². The largest absolute Gasteiger partial charge is 0.334 e. The number of carbonyl (C=O) groups is 1. The molecule has 1 aromatic heterocycles. The van der Waals surface area contributed by atoms with Crippen LogP contribution in [0.1, 0.15) is 5.56 Å². The van der Waals surface area contributed by atoms with E-state index in [2.05, 4.69) is 25.8 Å². The number of H-pyrrole nitrogens is 1. The molecule has 82 valence electrons. The van der Waals surface area contributed by atoms with Crippen LogP contribution in [0.3, 0.4) is 0 Å². The number of anilines is 1. The molecule has 0 aliphatic heterocycles. The van der Waals surface area contributed by atoms with Crippen LogP contribution in [0.25, 0.3) is 0 Å². The molecule has 16 heavy (non-hydrogen) atoms. The Balaban J connectivity index is 1.80. The third kappa shape index (κ3) is 2.81. The zero-order valence-corrected chi connectivity index (χ0v) is 8.47. The second-order valence-electron chi connectivity index (χ2n) is 3.13. The summed E-state index contributed by atoms with van der Waals surface area (Å²) in [7, 11) is 0. The highest BCUT2D eigenvalue weighted by Crippen LogP contribution is 1.97. The van der Waals surface area contributed by atoms with E-state index in [1.807, 2.05) is 30.3 Å². The summed E-state index contributed by atoms with van der Waals surface area (Å²) in [5, 5.41) is 11.4. The van der Waals surface area contributed by atoms with Crippen molar-refractivity contribution in [2.75, 3.05) is 5.32 Å². The number of hydrogen-bond donors (Lipinski definition) is 3. The minimum atomic E-state index is -0.319. The van der Waals surface area contributed by atoms with E-state index >= 15 is 0 Å². The summed E-state index contributed by atoms with van der Waals surface area (Å²) in [5.74, 6) is 0.325. The average molecular weight is 217 g/mol. The van der Waals surface area contributed by atoms with Crippen LogP contribution in [0, 0.1) is 0 Å². The lowest BCUT2D eigenvalue weighted by Crippen LogP contribution is -2.28. The van der Waals surface area contributed by atoms with E-state index in [1.165, 1.54) is 6.33 Å². The summed E-state index contributed by atoms with van der Waals surface area (Å²) in [6, 6.07) is 9.33. The van der Waals surface area contributed by atoms with Crippen LogP contribution in [0.15, 0.2) is 36.7 Å². The van der Waals surface area contributed by atoms with E-state index in [0.717, 1.165) is 5.56 Å². The SMILES string of the molecule is O=C(NCc1ccccc1)Nc1ncn[nH]1. The predicted octanol–water partition coefficient (Wildman–Crippen LogP) is 1.13. The summed E-state index contributed by atoms with van der Waals surface area (Å²) in [5.41, 5.74) is 1.04. The van der Waals surface area contributed by atoms with E-state index in [9.17, 15) is 4.79 Å². The van der Waals surface area contributed by atoms with Gasteiger partial charge in [0.05, 0.1) is 0 Å². The first-order chi connectivity index (χ1) is 7.84. The molecule has 1 aromatic carbocycles. The van der Waals surface area contributed by atoms with Crippen LogP contribution in [0.4, 0.5) is 10.7 Å². The number of rotatable bonds is 3. The molecule has 0 atom stereocenters. The molecule has 0 spiro atoms. The Morgan fingerprint density at radius 1 is 1.31 bits per heavy atom. The highest BCUT2D eigenvalue weighted by molar-refractivity contribution is 5.87. The number of nitrogens with one attached hydrogen (secondary N) is 3. The number of hydrogen-bond acceptors (Lipinski definition) is 3. The van der Waals surface area contributed by atoms with Crippen LogP contribution in [0.2, 0.25) is 0 Å². The average Bonchev–Trinajstić information content (AvgIpc) is 2.81. The van der Waals surface area contributed by atoms with E-state index in [1.54, 1.807) is 0 Å². The highest BCUT2D eigenvalue weighted by atomic mass is 16.2. The van der Waals surface area contributed by atoms with Crippen molar-refractivity contribution in [1.82, 2.24) is 20.5 Å². The topological polar surface area (TPSA) is 82.7 Å². The highest BCUT2D eigenvalue weighted by Gasteiger charge is 2.02. The molecular weight excluding hydrogens is 206 g/mol. The van der Waals surface area contributed by atoms with Crippen LogP contribution < -0.4 is 10.6 Å². The second-order valence-corrected chi connectivity index (χ2v) is 3.13. The summed E-state index contributed by atoms with van der Waals surface area (Å²) >= 11 is 0. The van der Waals surface area contributed by atoms with Gasteiger partial charge in [0.1, 0.15) is 6.33 Å². The van der Waals surface area contributed by atoms with Gasteiger partial charge >= 0.3 is 6.03 Å². The van der Waals surface area contributed by atoms with E-state index < -0.39 is 0 Å². The van der Waals surface area contributed by atoms with Gasteiger partial charge in [0.25, 0.3) is 0 Å². The fourth-order valence-electron chi connectivity index (χ4n) is 1.20. The zero-order chi connectivity index (χ0) is 11.2. The lowest BCUT2D eigenvalue weighted by molar-refractivity contribution is 0.251. The predicted molar refractivity (Wildman–Crippen MR) is 58.7 cm³/mol. The van der Waals surface area contributed by atoms with Gasteiger partial charge in [0.2, 0.25) is 5.95 Å². The molecule has 0 aliphatic rings. The molecule has 6 nitrogen and oxygen atoms in total. The Bertz CT molecular complexity index is 439. The van der Waals surface area contributed by atoms with Crippen molar-refractivity contribution in [3.63, 3.8) is 0 Å². The van der Waals surface area contributed by atoms with Crippen LogP contribution in [-0.4, -0.2) is 21.2 Å². The van der Waals surface area contributed by atoms with E-state index in [4.69, 9.17) is 0 Å². The Morgan fingerprint density at radius 2 is 2.12 bits per heavy atom. The molecule has 0 saturated heterocycles. The molecule has 2 rings (SSSR count). The molecule has 2 aromatic rings. The van der Waals surface area contributed by atoms with Crippen molar-refractivity contribution < 1.29 is 4.79 Å². The third-order valence-electron chi connectivity index (χ3n) is 1.94. The Hall–Kier alpha value is -2.37. The Labute approximate surface area is 92.1 Å². The first kappa shape index (κ1) is 10.2. The summed E-state index contributed by atoms with van der Waals surface area (Å²) in [6.45, 7) is 0.473. The molecular formula is C10H11N5O. The fourth-order valence-corrected chi connectivity index (χ4v) is 1.20. The molecule has 0 unspecified atom stereocenters. The first-order valence-electron chi connectivity index (χ1n) is 4.79. The Morgan fingerprint density at radius 3 is 2.81 bits per heavy atom. The van der Waals surface area contributed by atoms with Crippen LogP contribution in [-0.2, 0) is 6.54 Å². The zero-order valence-electron chi connectivity index (χ0n) is 8.47. The van der Waals surface area contributed by atoms with Gasteiger partial charge in [0, 0.05) is 6.54 Å². The lowest BCUT2D eigenvalue weighted by Gasteiger charge is -2.04. The van der Waals surface area contributed by atoms with Gasteiger partial charge in [-0.3, -0.25) is 5.32 Å². The molecule has 0 fully saturated rings. The van der Waals surface area contributed by atoms with Crippen LogP contribution in [0.5, 0.6) is 0 Å². The maximum Gasteiger partial charge on any atom is 0.321 e. The van der Waals surface area contributed by atoms with Crippen molar-refractivity contribution in [3.05, 3.63) is 42.2 Å². The molecule has 0 radical (unpaired) electrons. The van der Waals surface area contributed by atoms with Crippen molar-refractivity contribution in [3.8, 4) is 0 Å². The van der Waals surface area contributed by atoms with E-state index in [-0.39, 0.29) is 6.03 Å². The van der Waals surface area contributed by atoms with Gasteiger partial charge in [-0.05, 0) is 5.56 Å². The number of nitrogens with zero attached hydrogens (tertiary/aromatic N) is 2. The summed E-state index contributed by atoms with van der Waals surface area (Å²) in [6.07, 6.45) is 1.33. The molecule has 0 bridgehead atoms. The standard InChI is InChI=1S/C10H11N5O/c16-10(14-9-12-7-13-15-9)11-6-8-4-2-1-3-5-8/h1-5,7H,6H2,(H3,11,12,13,14,15,16). The quantitative estimate of drug-likeness (QED) is 0.720. The monoisotopic (exact) mass is 217 g/mol. The third-order valence-corrected chi connectivity index (χ3v) is 1.94. The van der Waals surface area contributed by atoms with Gasteiger partial charge in [0.15, 0.2) is 0 Å². The summed E-state index contributed by atoms with van der Waals surface area (Å²) < 4.78 is 0. The first-order valence-corrected chi connectivity index (χ1v) is 4.79. The summed E-state index contributed by atoms with van der Waals surface area (Å²) in [4.78, 5) is 15.1. The number of aromatic amines is 1. The van der Waals surface area contributed by atoms with Gasteiger partial charge < -0.3 is 5.32 Å². The van der Waals surface area contributed by atoms with Gasteiger partial charge in [-0.15, -0.1) is 0 Å². The van der Waals surface area contributed by atoms with Gasteiger partial charge in [-0.2, -0.15) is 10.1 Å². The van der Waals surface area contributed by atoms with Crippen molar-refractivity contribution in [2.24, 2.45) is 0 Å². The fraction of sp³-hybridized carbons (Fsp3) is 0.100. The van der Waals surface area contributed by atoms with Gasteiger partial charge in [-0.25, -0.2) is 9.89 Å². The number of aromatic nitrogens is 3. The lowest BCUT2D eigenvalue weighted by atomic mass is 10.2. The molecule has 3 N–H and O–H groups in total. The normalized spacial score (nSPS) is 9.75. The van der Waals surface area contributed by atoms with Gasteiger partial charge in [-0.1, -0.05) is 30.3 Å². The van der Waals surface area contributed by atoms with Crippen molar-refractivity contribution in [1.29, 1.82) is 0 Å². The van der Waals surface area contributed by atoms with Crippen molar-refractivity contribution >= 4 is 12.0 Å². The number of carbonyl (C=O) groups excluding carboxylic acids is 1. The molecule has 6 heteroatoms. The number of urea groups is 1. The molecule has 0 saturated carbocycles. The van der Waals surface area contributed by atoms with Crippen LogP contribution >= 0.6 is 0 Å². The number of benzene rings is 1. The minimum Gasteiger partial charge on any atom is -0.334 e. The molecule has 2 amide bonds. The van der Waals surface area contributed by atoms with Crippen molar-refractivity contribution in [2.45, 2.75) is 6.54 Å². The smallest absolute Gasteiger partial charge is 0.321 e. The maximum atomic E-state index is 11.4. The molecule has 0 aliphatic carbocycles. The molecule has 1 heterocycles. The Kier molecular flexibility index (Phi) is 3.12. The maximum absolute atomic E-state index is 11.4. The second kappa shape index (κ2) is 4.92. The minimum absolute atomic E-state index is 0.319. The number of amides is 2.